The van der Waals surface area contributed by atoms with Gasteiger partial charge in [-0.05, 0) is 49.6 Å². The maximum absolute atomic E-state index is 13.6. The maximum atomic E-state index is 13.6. The zero-order valence-electron chi connectivity index (χ0n) is 11.3. The first-order valence-electron chi connectivity index (χ1n) is 6.26. The number of halogens is 2. The Bertz CT molecular complexity index is 593. The van der Waals surface area contributed by atoms with Crippen LogP contribution in [0.15, 0.2) is 36.4 Å². The lowest BCUT2D eigenvalue weighted by Crippen LogP contribution is -2.09. The van der Waals surface area contributed by atoms with Crippen LogP contribution < -0.4 is 5.32 Å². The molecule has 1 N–H and O–H groups in total. The van der Waals surface area contributed by atoms with Crippen LogP contribution in [-0.4, -0.2) is 0 Å². The molecule has 0 aromatic heterocycles. The summed E-state index contributed by atoms with van der Waals surface area (Å²) in [6.45, 7) is 6.01. The summed E-state index contributed by atoms with van der Waals surface area (Å²) < 4.78 is 26.7. The van der Waals surface area contributed by atoms with E-state index in [9.17, 15) is 8.78 Å². The van der Waals surface area contributed by atoms with E-state index in [1.807, 2.05) is 32.9 Å². The van der Waals surface area contributed by atoms with E-state index in [-0.39, 0.29) is 11.7 Å². The monoisotopic (exact) mass is 261 g/mol. The molecule has 2 rings (SSSR count). The molecule has 1 atom stereocenters. The second kappa shape index (κ2) is 5.39. The molecule has 19 heavy (non-hydrogen) atoms. The van der Waals surface area contributed by atoms with Gasteiger partial charge in [0.25, 0.3) is 0 Å². The summed E-state index contributed by atoms with van der Waals surface area (Å²) in [6.07, 6.45) is 0. The maximum Gasteiger partial charge on any atom is 0.181 e. The van der Waals surface area contributed by atoms with Gasteiger partial charge < -0.3 is 5.32 Å². The number of rotatable bonds is 3. The molecule has 3 heteroatoms. The minimum Gasteiger partial charge on any atom is -0.376 e. The molecule has 0 aliphatic heterocycles. The molecule has 2 aromatic rings. The Morgan fingerprint density at radius 2 is 1.74 bits per heavy atom. The van der Waals surface area contributed by atoms with Crippen LogP contribution in [0.5, 0.6) is 0 Å². The van der Waals surface area contributed by atoms with Gasteiger partial charge in [-0.2, -0.15) is 0 Å². The molecule has 1 nitrogen and oxygen atoms in total. The van der Waals surface area contributed by atoms with Crippen LogP contribution in [0.25, 0.3) is 0 Å². The number of benzene rings is 2. The zero-order valence-corrected chi connectivity index (χ0v) is 11.3. The lowest BCUT2D eigenvalue weighted by atomic mass is 10.0. The molecular formula is C16H17F2N. The van der Waals surface area contributed by atoms with E-state index < -0.39 is 11.6 Å². The SMILES string of the molecule is Cc1ccc(C(C)Nc2cccc(F)c2F)cc1C. The van der Waals surface area contributed by atoms with Crippen LogP contribution in [-0.2, 0) is 0 Å². The molecule has 2 aromatic carbocycles. The number of hydrogen-bond donors (Lipinski definition) is 1. The van der Waals surface area contributed by atoms with Crippen LogP contribution in [0.1, 0.15) is 29.7 Å². The van der Waals surface area contributed by atoms with E-state index >= 15 is 0 Å². The van der Waals surface area contributed by atoms with Gasteiger partial charge in [-0.15, -0.1) is 0 Å². The van der Waals surface area contributed by atoms with Gasteiger partial charge in [-0.1, -0.05) is 24.3 Å². The van der Waals surface area contributed by atoms with E-state index in [1.54, 1.807) is 0 Å². The molecule has 0 saturated carbocycles. The molecule has 100 valence electrons. The Balaban J connectivity index is 2.23. The van der Waals surface area contributed by atoms with Crippen LogP contribution in [0.2, 0.25) is 0 Å². The number of nitrogens with one attached hydrogen (secondary N) is 1. The first-order valence-corrected chi connectivity index (χ1v) is 6.26. The van der Waals surface area contributed by atoms with Gasteiger partial charge in [0.2, 0.25) is 0 Å². The lowest BCUT2D eigenvalue weighted by Gasteiger charge is -2.17. The third kappa shape index (κ3) is 2.92. The fourth-order valence-electron chi connectivity index (χ4n) is 1.97. The molecule has 0 spiro atoms. The van der Waals surface area contributed by atoms with E-state index in [4.69, 9.17) is 0 Å². The van der Waals surface area contributed by atoms with Crippen molar-refractivity contribution in [3.63, 3.8) is 0 Å². The first kappa shape index (κ1) is 13.5. The van der Waals surface area contributed by atoms with Crippen molar-refractivity contribution in [2.45, 2.75) is 26.8 Å². The van der Waals surface area contributed by atoms with Crippen LogP contribution in [0, 0.1) is 25.5 Å². The summed E-state index contributed by atoms with van der Waals surface area (Å²) in [5.74, 6) is -1.67. The molecule has 0 fully saturated rings. The summed E-state index contributed by atoms with van der Waals surface area (Å²) in [6, 6.07) is 10.1. The van der Waals surface area contributed by atoms with E-state index in [0.29, 0.717) is 0 Å². The molecule has 0 heterocycles. The number of anilines is 1. The Kier molecular flexibility index (Phi) is 3.84. The molecule has 0 amide bonds. The summed E-state index contributed by atoms with van der Waals surface area (Å²) in [5, 5.41) is 3.00. The Morgan fingerprint density at radius 1 is 1.00 bits per heavy atom. The normalized spacial score (nSPS) is 12.3. The quantitative estimate of drug-likeness (QED) is 0.840. The fraction of sp³-hybridized carbons (Fsp3) is 0.250. The largest absolute Gasteiger partial charge is 0.376 e. The van der Waals surface area contributed by atoms with Crippen LogP contribution >= 0.6 is 0 Å². The van der Waals surface area contributed by atoms with Crippen LogP contribution in [0.3, 0.4) is 0 Å². The van der Waals surface area contributed by atoms with Crippen molar-refractivity contribution >= 4 is 5.69 Å². The summed E-state index contributed by atoms with van der Waals surface area (Å²) >= 11 is 0. The van der Waals surface area contributed by atoms with Crippen molar-refractivity contribution < 1.29 is 8.78 Å². The molecule has 0 aliphatic carbocycles. The Labute approximate surface area is 112 Å². The average molecular weight is 261 g/mol. The van der Waals surface area contributed by atoms with Gasteiger partial charge >= 0.3 is 0 Å². The van der Waals surface area contributed by atoms with Crippen molar-refractivity contribution in [2.75, 3.05) is 5.32 Å². The molecular weight excluding hydrogens is 244 g/mol. The number of aryl methyl sites for hydroxylation is 2. The highest BCUT2D eigenvalue weighted by atomic mass is 19.2. The predicted octanol–water partition coefficient (Wildman–Crippen LogP) is 4.75. The second-order valence-electron chi connectivity index (χ2n) is 4.81. The van der Waals surface area contributed by atoms with Gasteiger partial charge in [0.15, 0.2) is 11.6 Å². The molecule has 0 saturated heterocycles. The average Bonchev–Trinajstić information content (AvgIpc) is 2.38. The smallest absolute Gasteiger partial charge is 0.181 e. The Morgan fingerprint density at radius 3 is 2.42 bits per heavy atom. The van der Waals surface area contributed by atoms with E-state index in [0.717, 1.165) is 11.6 Å². The number of hydrogen-bond acceptors (Lipinski definition) is 1. The molecule has 0 bridgehead atoms. The van der Waals surface area contributed by atoms with Gasteiger partial charge in [0.1, 0.15) is 0 Å². The summed E-state index contributed by atoms with van der Waals surface area (Å²) in [4.78, 5) is 0. The predicted molar refractivity (Wildman–Crippen MR) is 74.3 cm³/mol. The first-order chi connectivity index (χ1) is 8.99. The van der Waals surface area contributed by atoms with Gasteiger partial charge in [-0.25, -0.2) is 8.78 Å². The summed E-state index contributed by atoms with van der Waals surface area (Å²) in [7, 11) is 0. The molecule has 1 unspecified atom stereocenters. The zero-order chi connectivity index (χ0) is 14.0. The Hall–Kier alpha value is -1.90. The minimum atomic E-state index is -0.836. The molecule has 0 aliphatic rings. The van der Waals surface area contributed by atoms with Crippen molar-refractivity contribution in [3.05, 3.63) is 64.7 Å². The minimum absolute atomic E-state index is 0.0874. The summed E-state index contributed by atoms with van der Waals surface area (Å²) in [5.41, 5.74) is 3.64. The van der Waals surface area contributed by atoms with Crippen molar-refractivity contribution in [2.24, 2.45) is 0 Å². The van der Waals surface area contributed by atoms with Gasteiger partial charge in [-0.3, -0.25) is 0 Å². The van der Waals surface area contributed by atoms with E-state index in [1.165, 1.54) is 23.3 Å². The third-order valence-corrected chi connectivity index (χ3v) is 3.35. The standard InChI is InChI=1S/C16H17F2N/c1-10-7-8-13(9-11(10)2)12(3)19-15-6-4-5-14(17)16(15)18/h4-9,12,19H,1-3H3. The lowest BCUT2D eigenvalue weighted by molar-refractivity contribution is 0.510. The van der Waals surface area contributed by atoms with Crippen LogP contribution in [0.4, 0.5) is 14.5 Å². The van der Waals surface area contributed by atoms with Crippen molar-refractivity contribution in [3.8, 4) is 0 Å². The third-order valence-electron chi connectivity index (χ3n) is 3.35. The highest BCUT2D eigenvalue weighted by molar-refractivity contribution is 5.47. The molecule has 0 radical (unpaired) electrons. The second-order valence-corrected chi connectivity index (χ2v) is 4.81. The van der Waals surface area contributed by atoms with Crippen molar-refractivity contribution in [1.29, 1.82) is 0 Å². The van der Waals surface area contributed by atoms with Gasteiger partial charge in [0.05, 0.1) is 5.69 Å². The van der Waals surface area contributed by atoms with E-state index in [2.05, 4.69) is 11.4 Å². The highest BCUT2D eigenvalue weighted by Crippen LogP contribution is 2.24. The van der Waals surface area contributed by atoms with Gasteiger partial charge in [0, 0.05) is 6.04 Å². The topological polar surface area (TPSA) is 12.0 Å². The highest BCUT2D eigenvalue weighted by Gasteiger charge is 2.11. The van der Waals surface area contributed by atoms with Crippen molar-refractivity contribution in [1.82, 2.24) is 0 Å². The fourth-order valence-corrected chi connectivity index (χ4v) is 1.97.